The number of carboxylic acid groups (broad SMARTS) is 1. The Kier molecular flexibility index (Phi) is 5.45. The number of fused-ring (bicyclic) bond motifs is 1. The molecular weight excluding hydrogens is 346 g/mol. The molecular formula is C21H21NO5. The maximum Gasteiger partial charge on any atom is 0.326 e. The minimum Gasteiger partial charge on any atom is -0.497 e. The summed E-state index contributed by atoms with van der Waals surface area (Å²) in [5, 5.41) is 12.8. The summed E-state index contributed by atoms with van der Waals surface area (Å²) in [6.45, 7) is 2.03. The van der Waals surface area contributed by atoms with Gasteiger partial charge in [0.1, 0.15) is 17.4 Å². The van der Waals surface area contributed by atoms with Crippen molar-refractivity contribution >= 4 is 22.8 Å². The summed E-state index contributed by atoms with van der Waals surface area (Å²) in [7, 11) is 1.56. The molecule has 1 amide bonds. The zero-order valence-corrected chi connectivity index (χ0v) is 15.2. The molecule has 2 aromatic carbocycles. The van der Waals surface area contributed by atoms with Crippen LogP contribution in [0.4, 0.5) is 0 Å². The van der Waals surface area contributed by atoms with Crippen LogP contribution in [0.3, 0.4) is 0 Å². The average Bonchev–Trinajstić information content (AvgIpc) is 3.10. The molecule has 0 bridgehead atoms. The van der Waals surface area contributed by atoms with Crippen molar-refractivity contribution in [3.63, 3.8) is 0 Å². The Balaban J connectivity index is 1.77. The number of carboxylic acids is 1. The van der Waals surface area contributed by atoms with Crippen molar-refractivity contribution in [1.29, 1.82) is 0 Å². The molecule has 3 aromatic rings. The Morgan fingerprint density at radius 1 is 1.15 bits per heavy atom. The smallest absolute Gasteiger partial charge is 0.326 e. The van der Waals surface area contributed by atoms with Gasteiger partial charge in [-0.05, 0) is 41.8 Å². The number of benzene rings is 2. The SMILES string of the molecule is CCc1cccc(CC(NC(=O)c2cc3cc(OC)ccc3o2)C(=O)O)c1. The van der Waals surface area contributed by atoms with Gasteiger partial charge in [-0.2, -0.15) is 0 Å². The molecule has 1 unspecified atom stereocenters. The van der Waals surface area contributed by atoms with E-state index in [0.717, 1.165) is 17.5 Å². The molecule has 0 spiro atoms. The van der Waals surface area contributed by atoms with Crippen LogP contribution in [0.1, 0.15) is 28.6 Å². The van der Waals surface area contributed by atoms with E-state index in [-0.39, 0.29) is 12.2 Å². The number of rotatable bonds is 7. The molecule has 27 heavy (non-hydrogen) atoms. The summed E-state index contributed by atoms with van der Waals surface area (Å²) in [6.07, 6.45) is 1.06. The standard InChI is InChI=1S/C21H21NO5/c1-3-13-5-4-6-14(9-13)10-17(21(24)25)22-20(23)19-12-15-11-16(26-2)7-8-18(15)27-19/h4-9,11-12,17H,3,10H2,1-2H3,(H,22,23)(H,24,25). The molecule has 0 fully saturated rings. The lowest BCUT2D eigenvalue weighted by Crippen LogP contribution is -2.42. The quantitative estimate of drug-likeness (QED) is 0.668. The van der Waals surface area contributed by atoms with E-state index < -0.39 is 17.9 Å². The predicted octanol–water partition coefficient (Wildman–Crippen LogP) is 3.43. The molecule has 3 rings (SSSR count). The number of carbonyl (C=O) groups is 2. The van der Waals surface area contributed by atoms with Gasteiger partial charge in [0.15, 0.2) is 5.76 Å². The van der Waals surface area contributed by atoms with Crippen LogP contribution in [-0.2, 0) is 17.6 Å². The molecule has 140 valence electrons. The molecule has 0 saturated heterocycles. The van der Waals surface area contributed by atoms with Crippen molar-refractivity contribution < 1.29 is 23.8 Å². The van der Waals surface area contributed by atoms with E-state index in [9.17, 15) is 14.7 Å². The van der Waals surface area contributed by atoms with Gasteiger partial charge in [-0.3, -0.25) is 4.79 Å². The van der Waals surface area contributed by atoms with Crippen molar-refractivity contribution in [2.45, 2.75) is 25.8 Å². The number of amides is 1. The molecule has 6 heteroatoms. The first-order valence-electron chi connectivity index (χ1n) is 8.69. The van der Waals surface area contributed by atoms with Crippen molar-refractivity contribution in [3.05, 3.63) is 65.4 Å². The van der Waals surface area contributed by atoms with Gasteiger partial charge >= 0.3 is 5.97 Å². The molecule has 1 aromatic heterocycles. The fourth-order valence-electron chi connectivity index (χ4n) is 2.90. The molecule has 0 aliphatic rings. The molecule has 0 saturated carbocycles. The van der Waals surface area contributed by atoms with Crippen molar-refractivity contribution in [2.75, 3.05) is 7.11 Å². The van der Waals surface area contributed by atoms with Gasteiger partial charge in [-0.15, -0.1) is 0 Å². The number of hydrogen-bond acceptors (Lipinski definition) is 4. The largest absolute Gasteiger partial charge is 0.497 e. The third-order valence-corrected chi connectivity index (χ3v) is 4.39. The van der Waals surface area contributed by atoms with Crippen LogP contribution in [0.15, 0.2) is 52.9 Å². The minimum atomic E-state index is -1.09. The van der Waals surface area contributed by atoms with E-state index in [0.29, 0.717) is 16.7 Å². The Morgan fingerprint density at radius 2 is 1.93 bits per heavy atom. The molecule has 6 nitrogen and oxygen atoms in total. The minimum absolute atomic E-state index is 0.0619. The average molecular weight is 367 g/mol. The first-order valence-corrected chi connectivity index (χ1v) is 8.69. The number of ether oxygens (including phenoxy) is 1. The summed E-state index contributed by atoms with van der Waals surface area (Å²) in [5.41, 5.74) is 2.51. The van der Waals surface area contributed by atoms with Crippen LogP contribution in [0, 0.1) is 0 Å². The van der Waals surface area contributed by atoms with Crippen LogP contribution in [0.25, 0.3) is 11.0 Å². The zero-order valence-electron chi connectivity index (χ0n) is 15.2. The van der Waals surface area contributed by atoms with Crippen LogP contribution < -0.4 is 10.1 Å². The maximum atomic E-state index is 12.5. The Bertz CT molecular complexity index is 976. The molecule has 1 heterocycles. The molecule has 0 aliphatic heterocycles. The number of methoxy groups -OCH3 is 1. The fourth-order valence-corrected chi connectivity index (χ4v) is 2.90. The lowest BCUT2D eigenvalue weighted by atomic mass is 10.0. The Labute approximate surface area is 156 Å². The molecule has 1 atom stereocenters. The highest BCUT2D eigenvalue weighted by atomic mass is 16.5. The van der Waals surface area contributed by atoms with Gasteiger partial charge in [-0.25, -0.2) is 4.79 Å². The van der Waals surface area contributed by atoms with E-state index in [4.69, 9.17) is 9.15 Å². The normalized spacial score (nSPS) is 11.9. The number of aryl methyl sites for hydroxylation is 1. The van der Waals surface area contributed by atoms with Crippen LogP contribution in [0.2, 0.25) is 0 Å². The van der Waals surface area contributed by atoms with Crippen molar-refractivity contribution in [1.82, 2.24) is 5.32 Å². The first kappa shape index (κ1) is 18.5. The van der Waals surface area contributed by atoms with E-state index in [1.54, 1.807) is 31.4 Å². The zero-order chi connectivity index (χ0) is 19.4. The Hall–Kier alpha value is -3.28. The molecule has 2 N–H and O–H groups in total. The lowest BCUT2D eigenvalue weighted by molar-refractivity contribution is -0.139. The van der Waals surface area contributed by atoms with Crippen molar-refractivity contribution in [3.8, 4) is 5.75 Å². The monoisotopic (exact) mass is 367 g/mol. The van der Waals surface area contributed by atoms with Gasteiger partial charge in [-0.1, -0.05) is 31.2 Å². The number of hydrogen-bond donors (Lipinski definition) is 2. The summed E-state index contributed by atoms with van der Waals surface area (Å²) >= 11 is 0. The van der Waals surface area contributed by atoms with Gasteiger partial charge in [0.2, 0.25) is 0 Å². The van der Waals surface area contributed by atoms with E-state index >= 15 is 0 Å². The maximum absolute atomic E-state index is 12.5. The highest BCUT2D eigenvalue weighted by Crippen LogP contribution is 2.24. The lowest BCUT2D eigenvalue weighted by Gasteiger charge is -2.14. The number of aliphatic carboxylic acids is 1. The predicted molar refractivity (Wildman–Crippen MR) is 101 cm³/mol. The second-order valence-electron chi connectivity index (χ2n) is 6.26. The highest BCUT2D eigenvalue weighted by Gasteiger charge is 2.23. The van der Waals surface area contributed by atoms with E-state index in [1.807, 2.05) is 31.2 Å². The number of nitrogens with one attached hydrogen (secondary N) is 1. The molecule has 0 aliphatic carbocycles. The molecule has 0 radical (unpaired) electrons. The van der Waals surface area contributed by atoms with Gasteiger partial charge in [0, 0.05) is 11.8 Å². The van der Waals surface area contributed by atoms with E-state index in [2.05, 4.69) is 5.32 Å². The van der Waals surface area contributed by atoms with Gasteiger partial charge < -0.3 is 19.6 Å². The summed E-state index contributed by atoms with van der Waals surface area (Å²) in [5.74, 6) is -0.950. The third-order valence-electron chi connectivity index (χ3n) is 4.39. The highest BCUT2D eigenvalue weighted by molar-refractivity contribution is 5.98. The fraction of sp³-hybridized carbons (Fsp3) is 0.238. The Morgan fingerprint density at radius 3 is 2.63 bits per heavy atom. The third kappa shape index (κ3) is 4.28. The van der Waals surface area contributed by atoms with Crippen LogP contribution in [-0.4, -0.2) is 30.1 Å². The second kappa shape index (κ2) is 7.95. The van der Waals surface area contributed by atoms with Gasteiger partial charge in [0.25, 0.3) is 5.91 Å². The van der Waals surface area contributed by atoms with Crippen molar-refractivity contribution in [2.24, 2.45) is 0 Å². The summed E-state index contributed by atoms with van der Waals surface area (Å²) in [4.78, 5) is 24.1. The van der Waals surface area contributed by atoms with Crippen LogP contribution >= 0.6 is 0 Å². The summed E-state index contributed by atoms with van der Waals surface area (Å²) in [6, 6.07) is 13.4. The second-order valence-corrected chi connectivity index (χ2v) is 6.26. The number of carbonyl (C=O) groups excluding carboxylic acids is 1. The topological polar surface area (TPSA) is 88.8 Å². The van der Waals surface area contributed by atoms with E-state index in [1.165, 1.54) is 0 Å². The first-order chi connectivity index (χ1) is 13.0. The number of furan rings is 1. The van der Waals surface area contributed by atoms with Crippen LogP contribution in [0.5, 0.6) is 5.75 Å². The van der Waals surface area contributed by atoms with Gasteiger partial charge in [0.05, 0.1) is 7.11 Å². The summed E-state index contributed by atoms with van der Waals surface area (Å²) < 4.78 is 10.7.